The maximum Gasteiger partial charge on any atom is 0.245 e. The second kappa shape index (κ2) is 7.80. The first-order chi connectivity index (χ1) is 12.5. The predicted molar refractivity (Wildman–Crippen MR) is 107 cm³/mol. The minimum absolute atomic E-state index is 0.179. The van der Waals surface area contributed by atoms with Gasteiger partial charge in [-0.1, -0.05) is 45.0 Å². The molecule has 0 saturated carbocycles. The van der Waals surface area contributed by atoms with Gasteiger partial charge in [-0.25, -0.2) is 8.42 Å². The lowest BCUT2D eigenvalue weighted by Gasteiger charge is -2.25. The Kier molecular flexibility index (Phi) is 5.91. The average molecular weight is 385 g/mol. The minimum atomic E-state index is -3.71. The molecule has 0 heterocycles. The molecule has 1 amide bonds. The molecule has 0 aliphatic heterocycles. The first-order valence-corrected chi connectivity index (χ1v) is 10.2. The molecule has 1 N–H and O–H groups in total. The van der Waals surface area contributed by atoms with Crippen molar-refractivity contribution in [3.05, 3.63) is 59.7 Å². The number of nitrogens with zero attached hydrogens (tertiary/aromatic N) is 2. The molecule has 6 nitrogen and oxygen atoms in total. The fourth-order valence-electron chi connectivity index (χ4n) is 2.70. The maximum absolute atomic E-state index is 12.6. The van der Waals surface area contributed by atoms with E-state index in [1.165, 1.54) is 6.07 Å². The van der Waals surface area contributed by atoms with Crippen molar-refractivity contribution in [2.24, 2.45) is 0 Å². The first-order valence-electron chi connectivity index (χ1n) is 8.39. The van der Waals surface area contributed by atoms with Gasteiger partial charge in [-0.15, -0.1) is 0 Å². The number of carbonyl (C=O) groups excluding carboxylic acids is 1. The van der Waals surface area contributed by atoms with Crippen LogP contribution in [0.5, 0.6) is 0 Å². The van der Waals surface area contributed by atoms with Crippen LogP contribution in [-0.4, -0.2) is 27.1 Å². The molecule has 0 atom stereocenters. The second-order valence-corrected chi connectivity index (χ2v) is 9.18. The van der Waals surface area contributed by atoms with Crippen LogP contribution in [0.3, 0.4) is 0 Å². The molecule has 142 valence electrons. The Balaban J connectivity index is 2.30. The Hall–Kier alpha value is -2.85. The monoisotopic (exact) mass is 385 g/mol. The van der Waals surface area contributed by atoms with Gasteiger partial charge in [0.1, 0.15) is 6.54 Å². The van der Waals surface area contributed by atoms with Crippen LogP contribution in [0.4, 0.5) is 11.4 Å². The van der Waals surface area contributed by atoms with Crippen LogP contribution in [0.25, 0.3) is 0 Å². The highest BCUT2D eigenvalue weighted by molar-refractivity contribution is 7.92. The summed E-state index contributed by atoms with van der Waals surface area (Å²) in [6.07, 6.45) is 1.03. The van der Waals surface area contributed by atoms with Crippen LogP contribution in [0.2, 0.25) is 0 Å². The van der Waals surface area contributed by atoms with Gasteiger partial charge in [-0.2, -0.15) is 5.26 Å². The van der Waals surface area contributed by atoms with Crippen molar-refractivity contribution in [3.63, 3.8) is 0 Å². The van der Waals surface area contributed by atoms with Gasteiger partial charge in [0.2, 0.25) is 15.9 Å². The molecule has 2 rings (SSSR count). The third kappa shape index (κ3) is 5.31. The number of nitriles is 1. The number of sulfonamides is 1. The highest BCUT2D eigenvalue weighted by Crippen LogP contribution is 2.29. The van der Waals surface area contributed by atoms with Gasteiger partial charge >= 0.3 is 0 Å². The van der Waals surface area contributed by atoms with E-state index in [0.717, 1.165) is 16.1 Å². The predicted octanol–water partition coefficient (Wildman–Crippen LogP) is 3.26. The van der Waals surface area contributed by atoms with Crippen LogP contribution in [0.15, 0.2) is 48.5 Å². The van der Waals surface area contributed by atoms with E-state index in [9.17, 15) is 13.2 Å². The van der Waals surface area contributed by atoms with Gasteiger partial charge in [-0.3, -0.25) is 9.10 Å². The number of rotatable bonds is 5. The number of hydrogen-bond donors (Lipinski definition) is 1. The lowest BCUT2D eigenvalue weighted by atomic mass is 9.86. The Bertz CT molecular complexity index is 986. The van der Waals surface area contributed by atoms with Gasteiger partial charge in [0.15, 0.2) is 0 Å². The van der Waals surface area contributed by atoms with Crippen LogP contribution >= 0.6 is 0 Å². The number of carbonyl (C=O) groups is 1. The van der Waals surface area contributed by atoms with Crippen molar-refractivity contribution >= 4 is 27.3 Å². The summed E-state index contributed by atoms with van der Waals surface area (Å²) < 4.78 is 25.4. The summed E-state index contributed by atoms with van der Waals surface area (Å²) >= 11 is 0. The summed E-state index contributed by atoms with van der Waals surface area (Å²) in [7, 11) is -3.71. The van der Waals surface area contributed by atoms with E-state index < -0.39 is 15.9 Å². The minimum Gasteiger partial charge on any atom is -0.324 e. The molecule has 0 aliphatic rings. The summed E-state index contributed by atoms with van der Waals surface area (Å²) in [6, 6.07) is 15.6. The van der Waals surface area contributed by atoms with Crippen molar-refractivity contribution in [1.82, 2.24) is 0 Å². The molecule has 0 aromatic heterocycles. The fourth-order valence-corrected chi connectivity index (χ4v) is 3.55. The van der Waals surface area contributed by atoms with E-state index in [4.69, 9.17) is 5.26 Å². The van der Waals surface area contributed by atoms with E-state index in [1.54, 1.807) is 24.3 Å². The molecule has 0 unspecified atom stereocenters. The van der Waals surface area contributed by atoms with E-state index in [-0.39, 0.29) is 17.6 Å². The molecule has 0 bridgehead atoms. The van der Waals surface area contributed by atoms with Crippen molar-refractivity contribution < 1.29 is 13.2 Å². The van der Waals surface area contributed by atoms with E-state index in [1.807, 2.05) is 45.0 Å². The Labute approximate surface area is 160 Å². The third-order valence-corrected chi connectivity index (χ3v) is 5.10. The lowest BCUT2D eigenvalue weighted by molar-refractivity contribution is -0.114. The number of nitrogens with one attached hydrogen (secondary N) is 1. The summed E-state index contributed by atoms with van der Waals surface area (Å²) in [5.74, 6) is -0.459. The molecule has 0 radical (unpaired) electrons. The summed E-state index contributed by atoms with van der Waals surface area (Å²) in [4.78, 5) is 12.6. The molecule has 2 aromatic rings. The molecule has 0 aliphatic carbocycles. The molecule has 2 aromatic carbocycles. The van der Waals surface area contributed by atoms with E-state index in [0.29, 0.717) is 11.3 Å². The number of benzene rings is 2. The summed E-state index contributed by atoms with van der Waals surface area (Å²) in [6.45, 7) is 5.72. The zero-order chi connectivity index (χ0) is 20.2. The molecule has 0 fully saturated rings. The van der Waals surface area contributed by atoms with Crippen LogP contribution in [-0.2, 0) is 20.2 Å². The van der Waals surface area contributed by atoms with E-state index in [2.05, 4.69) is 5.32 Å². The average Bonchev–Trinajstić information content (AvgIpc) is 2.58. The molecular formula is C20H23N3O3S. The highest BCUT2D eigenvalue weighted by atomic mass is 32.2. The molecule has 0 spiro atoms. The Morgan fingerprint density at radius 2 is 1.81 bits per heavy atom. The number of amides is 1. The largest absolute Gasteiger partial charge is 0.324 e. The van der Waals surface area contributed by atoms with Crippen LogP contribution < -0.4 is 9.62 Å². The normalized spacial score (nSPS) is 11.5. The van der Waals surface area contributed by atoms with E-state index >= 15 is 0 Å². The lowest BCUT2D eigenvalue weighted by Crippen LogP contribution is -2.37. The van der Waals surface area contributed by atoms with Gasteiger partial charge in [0, 0.05) is 5.69 Å². The SMILES string of the molecule is CC(C)(C)c1ccccc1NC(=O)CN(c1cccc(C#N)c1)S(C)(=O)=O. The fraction of sp³-hybridized carbons (Fsp3) is 0.300. The van der Waals surface area contributed by atoms with Crippen LogP contribution in [0.1, 0.15) is 31.9 Å². The number of anilines is 2. The Morgan fingerprint density at radius 1 is 1.15 bits per heavy atom. The van der Waals surface area contributed by atoms with Crippen molar-refractivity contribution in [2.75, 3.05) is 22.4 Å². The zero-order valence-electron chi connectivity index (χ0n) is 15.9. The number of para-hydroxylation sites is 1. The number of hydrogen-bond acceptors (Lipinski definition) is 4. The van der Waals surface area contributed by atoms with Crippen molar-refractivity contribution in [2.45, 2.75) is 26.2 Å². The third-order valence-electron chi connectivity index (χ3n) is 3.96. The van der Waals surface area contributed by atoms with Crippen molar-refractivity contribution in [3.8, 4) is 6.07 Å². The molecule has 7 heteroatoms. The smallest absolute Gasteiger partial charge is 0.245 e. The summed E-state index contributed by atoms with van der Waals surface area (Å²) in [5, 5.41) is 11.8. The second-order valence-electron chi connectivity index (χ2n) is 7.28. The standard InChI is InChI=1S/C20H23N3O3S/c1-20(2,3)17-10-5-6-11-18(17)22-19(24)14-23(27(4,25)26)16-9-7-8-15(12-16)13-21/h5-12H,14H2,1-4H3,(H,22,24). The van der Waals surface area contributed by atoms with Gasteiger partial charge in [0.25, 0.3) is 0 Å². The first kappa shape index (κ1) is 20.5. The Morgan fingerprint density at radius 3 is 2.41 bits per heavy atom. The summed E-state index contributed by atoms with van der Waals surface area (Å²) in [5.41, 5.74) is 2.02. The van der Waals surface area contributed by atoms with Crippen molar-refractivity contribution in [1.29, 1.82) is 5.26 Å². The van der Waals surface area contributed by atoms with Gasteiger partial charge < -0.3 is 5.32 Å². The molecule has 0 saturated heterocycles. The van der Waals surface area contributed by atoms with Crippen LogP contribution in [0, 0.1) is 11.3 Å². The zero-order valence-corrected chi connectivity index (χ0v) is 16.7. The quantitative estimate of drug-likeness (QED) is 0.855. The maximum atomic E-state index is 12.6. The topological polar surface area (TPSA) is 90.3 Å². The highest BCUT2D eigenvalue weighted by Gasteiger charge is 2.23. The molecular weight excluding hydrogens is 362 g/mol. The molecule has 27 heavy (non-hydrogen) atoms. The van der Waals surface area contributed by atoms with Gasteiger partial charge in [0.05, 0.1) is 23.6 Å². The van der Waals surface area contributed by atoms with Gasteiger partial charge in [-0.05, 0) is 35.2 Å².